The average Bonchev–Trinajstić information content (AvgIpc) is 3.18. The smallest absolute Gasteiger partial charge is 0.199 e. The SMILES string of the molecule is COc1cc2c(=O)c3c4ccc(C#N)cc4[nH]c3n(C(C)C)c2c(F)c1C1=CCN(C)CC1. The summed E-state index contributed by atoms with van der Waals surface area (Å²) in [4.78, 5) is 19.2. The molecule has 1 N–H and O–H groups in total. The van der Waals surface area contributed by atoms with Gasteiger partial charge < -0.3 is 19.2 Å². The van der Waals surface area contributed by atoms with Crippen molar-refractivity contribution in [3.05, 3.63) is 57.5 Å². The van der Waals surface area contributed by atoms with E-state index in [0.717, 1.165) is 18.7 Å². The molecule has 4 aromatic rings. The van der Waals surface area contributed by atoms with Crippen molar-refractivity contribution in [1.29, 1.82) is 5.26 Å². The van der Waals surface area contributed by atoms with Crippen LogP contribution < -0.4 is 10.2 Å². The van der Waals surface area contributed by atoms with Crippen LogP contribution in [0.1, 0.15) is 37.4 Å². The lowest BCUT2D eigenvalue weighted by Gasteiger charge is -2.25. The Morgan fingerprint density at radius 2 is 2.03 bits per heavy atom. The lowest BCUT2D eigenvalue weighted by molar-refractivity contribution is 0.368. The number of hydrogen-bond donors (Lipinski definition) is 1. The van der Waals surface area contributed by atoms with E-state index in [1.807, 2.05) is 31.5 Å². The summed E-state index contributed by atoms with van der Waals surface area (Å²) in [6, 6.07) is 8.86. The summed E-state index contributed by atoms with van der Waals surface area (Å²) < 4.78 is 23.8. The van der Waals surface area contributed by atoms with Crippen LogP contribution in [0.25, 0.3) is 38.4 Å². The molecular weight excluding hydrogens is 419 g/mol. The third kappa shape index (κ3) is 3.13. The Bertz CT molecular complexity index is 1570. The van der Waals surface area contributed by atoms with E-state index < -0.39 is 5.82 Å². The minimum Gasteiger partial charge on any atom is -0.496 e. The van der Waals surface area contributed by atoms with Crippen molar-refractivity contribution in [2.75, 3.05) is 27.2 Å². The lowest BCUT2D eigenvalue weighted by Crippen LogP contribution is -2.24. The van der Waals surface area contributed by atoms with Crippen LogP contribution in [0.15, 0.2) is 35.1 Å². The predicted octanol–water partition coefficient (Wildman–Crippen LogP) is 4.96. The van der Waals surface area contributed by atoms with E-state index in [2.05, 4.69) is 16.0 Å². The number of halogens is 1. The second kappa shape index (κ2) is 7.75. The number of aromatic nitrogens is 2. The molecule has 0 bridgehead atoms. The number of H-pyrrole nitrogens is 1. The Hall–Kier alpha value is -3.63. The molecule has 168 valence electrons. The zero-order chi connectivity index (χ0) is 23.4. The molecule has 6 nitrogen and oxygen atoms in total. The van der Waals surface area contributed by atoms with Gasteiger partial charge in [-0.15, -0.1) is 0 Å². The Labute approximate surface area is 190 Å². The average molecular weight is 445 g/mol. The van der Waals surface area contributed by atoms with Crippen molar-refractivity contribution in [2.45, 2.75) is 26.3 Å². The standard InChI is InChI=1S/C26H25FN4O2/c1-14(2)31-24-18(12-20(33-4)21(23(24)27)16-7-9-30(3)10-8-16)25(32)22-17-6-5-15(13-28)11-19(17)29-26(22)31/h5-7,11-12,14,29H,8-10H2,1-4H3. The number of likely N-dealkylation sites (N-methyl/N-ethyl adjacent to an activating group) is 1. The second-order valence-electron chi connectivity index (χ2n) is 8.92. The lowest BCUT2D eigenvalue weighted by atomic mass is 9.95. The Morgan fingerprint density at radius 1 is 1.24 bits per heavy atom. The highest BCUT2D eigenvalue weighted by molar-refractivity contribution is 6.10. The fraction of sp³-hybridized carbons (Fsp3) is 0.308. The second-order valence-corrected chi connectivity index (χ2v) is 8.92. The topological polar surface area (TPSA) is 74.0 Å². The zero-order valence-corrected chi connectivity index (χ0v) is 19.1. The molecule has 0 amide bonds. The van der Waals surface area contributed by atoms with Gasteiger partial charge in [-0.1, -0.05) is 12.1 Å². The van der Waals surface area contributed by atoms with Gasteiger partial charge in [-0.05, 0) is 51.1 Å². The van der Waals surface area contributed by atoms with Crippen molar-refractivity contribution in [3.8, 4) is 11.8 Å². The number of ether oxygens (including phenoxy) is 1. The van der Waals surface area contributed by atoms with E-state index in [9.17, 15) is 10.1 Å². The molecule has 0 saturated heterocycles. The van der Waals surface area contributed by atoms with E-state index in [0.29, 0.717) is 45.2 Å². The zero-order valence-electron chi connectivity index (χ0n) is 19.1. The van der Waals surface area contributed by atoms with Crippen LogP contribution in [0.5, 0.6) is 5.75 Å². The van der Waals surface area contributed by atoms with E-state index in [4.69, 9.17) is 4.74 Å². The molecule has 0 atom stereocenters. The maximum absolute atomic E-state index is 16.4. The number of nitriles is 1. The molecular formula is C26H25FN4O2. The first kappa shape index (κ1) is 21.2. The van der Waals surface area contributed by atoms with Crippen molar-refractivity contribution in [2.24, 2.45) is 0 Å². The van der Waals surface area contributed by atoms with E-state index in [1.54, 1.807) is 24.3 Å². The number of hydrogen-bond acceptors (Lipinski definition) is 4. The van der Waals surface area contributed by atoms with Crippen molar-refractivity contribution in [3.63, 3.8) is 0 Å². The number of nitrogens with one attached hydrogen (secondary N) is 1. The van der Waals surface area contributed by atoms with Gasteiger partial charge in [0, 0.05) is 30.0 Å². The monoisotopic (exact) mass is 444 g/mol. The van der Waals surface area contributed by atoms with Crippen LogP contribution in [-0.2, 0) is 0 Å². The number of rotatable bonds is 3. The molecule has 0 unspecified atom stereocenters. The summed E-state index contributed by atoms with van der Waals surface area (Å²) in [5.74, 6) is -0.0709. The minimum atomic E-state index is -0.441. The first-order valence-corrected chi connectivity index (χ1v) is 11.0. The van der Waals surface area contributed by atoms with Crippen LogP contribution >= 0.6 is 0 Å². The van der Waals surface area contributed by atoms with E-state index >= 15 is 4.39 Å². The van der Waals surface area contributed by atoms with Gasteiger partial charge >= 0.3 is 0 Å². The van der Waals surface area contributed by atoms with Crippen molar-refractivity contribution in [1.82, 2.24) is 14.5 Å². The summed E-state index contributed by atoms with van der Waals surface area (Å²) in [7, 11) is 3.54. The Kier molecular flexibility index (Phi) is 4.98. The quantitative estimate of drug-likeness (QED) is 0.485. The van der Waals surface area contributed by atoms with Gasteiger partial charge in [-0.25, -0.2) is 4.39 Å². The highest BCUT2D eigenvalue weighted by Crippen LogP contribution is 2.39. The van der Waals surface area contributed by atoms with Gasteiger partial charge in [0.15, 0.2) is 11.2 Å². The number of aromatic amines is 1. The maximum Gasteiger partial charge on any atom is 0.199 e. The minimum absolute atomic E-state index is 0.124. The fourth-order valence-corrected chi connectivity index (χ4v) is 4.91. The molecule has 0 radical (unpaired) electrons. The van der Waals surface area contributed by atoms with Gasteiger partial charge in [-0.3, -0.25) is 4.79 Å². The number of methoxy groups -OCH3 is 1. The van der Waals surface area contributed by atoms with Gasteiger partial charge in [0.1, 0.15) is 11.4 Å². The summed E-state index contributed by atoms with van der Waals surface area (Å²) in [6.07, 6.45) is 2.73. The molecule has 3 heterocycles. The number of nitrogens with zero attached hydrogens (tertiary/aromatic N) is 3. The van der Waals surface area contributed by atoms with Gasteiger partial charge in [-0.2, -0.15) is 5.26 Å². The number of benzene rings is 2. The Morgan fingerprint density at radius 3 is 2.67 bits per heavy atom. The molecule has 2 aromatic carbocycles. The van der Waals surface area contributed by atoms with E-state index in [1.165, 1.54) is 7.11 Å². The van der Waals surface area contributed by atoms with Gasteiger partial charge in [0.2, 0.25) is 0 Å². The van der Waals surface area contributed by atoms with Crippen LogP contribution in [-0.4, -0.2) is 41.7 Å². The van der Waals surface area contributed by atoms with Crippen LogP contribution in [0.4, 0.5) is 4.39 Å². The molecule has 33 heavy (non-hydrogen) atoms. The van der Waals surface area contributed by atoms with Gasteiger partial charge in [0.25, 0.3) is 0 Å². The highest BCUT2D eigenvalue weighted by Gasteiger charge is 2.26. The molecule has 0 saturated carbocycles. The molecule has 0 spiro atoms. The maximum atomic E-state index is 16.4. The summed E-state index contributed by atoms with van der Waals surface area (Å²) >= 11 is 0. The molecule has 1 aliphatic rings. The van der Waals surface area contributed by atoms with Crippen LogP contribution in [0, 0.1) is 17.1 Å². The molecule has 0 aliphatic carbocycles. The first-order chi connectivity index (χ1) is 15.8. The fourth-order valence-electron chi connectivity index (χ4n) is 4.91. The molecule has 2 aromatic heterocycles. The Balaban J connectivity index is 1.96. The van der Waals surface area contributed by atoms with Crippen molar-refractivity contribution < 1.29 is 9.13 Å². The molecule has 1 aliphatic heterocycles. The number of pyridine rings is 1. The summed E-state index contributed by atoms with van der Waals surface area (Å²) in [5.41, 5.74) is 3.05. The highest BCUT2D eigenvalue weighted by atomic mass is 19.1. The summed E-state index contributed by atoms with van der Waals surface area (Å²) in [5, 5.41) is 10.8. The molecule has 7 heteroatoms. The van der Waals surface area contributed by atoms with Crippen molar-refractivity contribution >= 4 is 38.4 Å². The third-order valence-electron chi connectivity index (χ3n) is 6.54. The van der Waals surface area contributed by atoms with Crippen LogP contribution in [0.3, 0.4) is 0 Å². The predicted molar refractivity (Wildman–Crippen MR) is 129 cm³/mol. The summed E-state index contributed by atoms with van der Waals surface area (Å²) in [6.45, 7) is 5.49. The van der Waals surface area contributed by atoms with E-state index in [-0.39, 0.29) is 22.4 Å². The normalized spacial score (nSPS) is 14.9. The van der Waals surface area contributed by atoms with Crippen LogP contribution in [0.2, 0.25) is 0 Å². The largest absolute Gasteiger partial charge is 0.496 e. The third-order valence-corrected chi connectivity index (χ3v) is 6.54. The van der Waals surface area contributed by atoms with Gasteiger partial charge in [0.05, 0.1) is 40.6 Å². The number of fused-ring (bicyclic) bond motifs is 4. The molecule has 0 fully saturated rings. The molecule has 5 rings (SSSR count). The first-order valence-electron chi connectivity index (χ1n) is 11.0.